The first kappa shape index (κ1) is 26.4. The molecule has 0 atom stereocenters. The predicted octanol–water partition coefficient (Wildman–Crippen LogP) is 4.18. The lowest BCUT2D eigenvalue weighted by Gasteiger charge is -2.10. The lowest BCUT2D eigenvalue weighted by Crippen LogP contribution is -2.05. The molecule has 0 aliphatic heterocycles. The van der Waals surface area contributed by atoms with Crippen LogP contribution in [-0.2, 0) is 20.2 Å². The van der Waals surface area contributed by atoms with Gasteiger partial charge in [0.1, 0.15) is 26.9 Å². The van der Waals surface area contributed by atoms with Crippen molar-refractivity contribution in [1.29, 1.82) is 0 Å². The number of hydrogen-bond acceptors (Lipinski definition) is 11. The first-order valence-corrected chi connectivity index (χ1v) is 12.5. The van der Waals surface area contributed by atoms with Gasteiger partial charge in [0, 0.05) is 0 Å². The van der Waals surface area contributed by atoms with E-state index >= 15 is 0 Å². The number of hydrogen-bond donors (Lipinski definition) is 5. The molecule has 0 aliphatic rings. The van der Waals surface area contributed by atoms with Crippen LogP contribution in [0.25, 0.3) is 0 Å². The van der Waals surface area contributed by atoms with Gasteiger partial charge in [-0.1, -0.05) is 6.07 Å². The number of carboxylic acids is 1. The summed E-state index contributed by atoms with van der Waals surface area (Å²) in [7, 11) is -9.57. The maximum atomic E-state index is 11.9. The van der Waals surface area contributed by atoms with Gasteiger partial charge < -0.3 is 16.6 Å². The van der Waals surface area contributed by atoms with Crippen molar-refractivity contribution in [3.63, 3.8) is 0 Å². The Morgan fingerprint density at radius 3 is 1.89 bits per heavy atom. The summed E-state index contributed by atoms with van der Waals surface area (Å²) in [4.78, 5) is 9.60. The van der Waals surface area contributed by atoms with Crippen molar-refractivity contribution in [2.75, 3.05) is 11.5 Å². The summed E-state index contributed by atoms with van der Waals surface area (Å²) >= 11 is 0. The highest BCUT2D eigenvalue weighted by Crippen LogP contribution is 2.43. The summed E-state index contributed by atoms with van der Waals surface area (Å²) in [6, 6.07) is 9.84. The van der Waals surface area contributed by atoms with Gasteiger partial charge in [0.15, 0.2) is 0 Å². The fourth-order valence-corrected chi connectivity index (χ4v) is 4.21. The summed E-state index contributed by atoms with van der Waals surface area (Å²) in [5, 5.41) is 24.2. The minimum atomic E-state index is -4.90. The maximum absolute atomic E-state index is 11.9. The summed E-state index contributed by atoms with van der Waals surface area (Å²) in [6.07, 6.45) is 0. The fourth-order valence-electron chi connectivity index (χ4n) is 2.86. The van der Waals surface area contributed by atoms with Gasteiger partial charge in [0.2, 0.25) is 0 Å². The predicted molar refractivity (Wildman–Crippen MR) is 128 cm³/mol. The summed E-state index contributed by atoms with van der Waals surface area (Å²) in [6.45, 7) is 1.58. The van der Waals surface area contributed by atoms with Crippen molar-refractivity contribution in [1.82, 2.24) is 0 Å². The molecule has 3 rings (SSSR count). The number of carboxylic acid groups (broad SMARTS) is 1. The van der Waals surface area contributed by atoms with E-state index in [0.29, 0.717) is 5.56 Å². The number of rotatable bonds is 7. The topological polar surface area (TPSA) is 248 Å². The average molecular weight is 535 g/mol. The standard InChI is InChI=1S/C20H18N6O8S2/c1-10-2-7-13(15(8-10)35(29,30)31)24-25-14-9-16(36(32,33)34)18(22)19(17(14)21)26-23-12-5-3-11(4-6-12)20(27)28/h2-9H,21-22H2,1H3,(H,27,28)(H,29,30,31)(H,32,33,34). The van der Waals surface area contributed by atoms with E-state index in [9.17, 15) is 30.7 Å². The quantitative estimate of drug-likeness (QED) is 0.164. The fraction of sp³-hybridized carbons (Fsp3) is 0.0500. The number of azo groups is 2. The van der Waals surface area contributed by atoms with E-state index in [1.165, 1.54) is 36.4 Å². The van der Waals surface area contributed by atoms with E-state index < -0.39 is 47.4 Å². The third kappa shape index (κ3) is 5.87. The van der Waals surface area contributed by atoms with Crippen molar-refractivity contribution in [2.24, 2.45) is 20.5 Å². The Bertz CT molecular complexity index is 1630. The molecule has 0 bridgehead atoms. The second kappa shape index (κ2) is 9.78. The van der Waals surface area contributed by atoms with Crippen molar-refractivity contribution in [3.8, 4) is 0 Å². The van der Waals surface area contributed by atoms with Crippen LogP contribution in [-0.4, -0.2) is 37.0 Å². The van der Waals surface area contributed by atoms with Gasteiger partial charge in [-0.2, -0.15) is 21.9 Å². The molecule has 0 saturated heterocycles. The molecule has 0 unspecified atom stereocenters. The molecule has 0 aliphatic carbocycles. The lowest BCUT2D eigenvalue weighted by molar-refractivity contribution is 0.0697. The lowest BCUT2D eigenvalue weighted by atomic mass is 10.2. The number of aryl methyl sites for hydroxylation is 1. The highest BCUT2D eigenvalue weighted by molar-refractivity contribution is 7.86. The van der Waals surface area contributed by atoms with Crippen molar-refractivity contribution < 1.29 is 35.8 Å². The number of nitrogens with zero attached hydrogens (tertiary/aromatic N) is 4. The van der Waals surface area contributed by atoms with E-state index in [-0.39, 0.29) is 28.3 Å². The molecule has 0 amide bonds. The molecule has 0 heterocycles. The molecule has 0 spiro atoms. The highest BCUT2D eigenvalue weighted by Gasteiger charge is 2.23. The smallest absolute Gasteiger partial charge is 0.335 e. The van der Waals surface area contributed by atoms with Crippen LogP contribution in [0.5, 0.6) is 0 Å². The summed E-state index contributed by atoms with van der Waals surface area (Å²) in [5.74, 6) is -1.16. The number of carbonyl (C=O) groups is 1. The highest BCUT2D eigenvalue weighted by atomic mass is 32.2. The van der Waals surface area contributed by atoms with Crippen LogP contribution in [0.15, 0.2) is 78.8 Å². The average Bonchev–Trinajstić information content (AvgIpc) is 2.78. The molecule has 14 nitrogen and oxygen atoms in total. The normalized spacial score (nSPS) is 12.4. The molecule has 0 saturated carbocycles. The Balaban J connectivity index is 2.14. The van der Waals surface area contributed by atoms with Crippen LogP contribution >= 0.6 is 0 Å². The second-order valence-corrected chi connectivity index (χ2v) is 10.0. The third-order valence-electron chi connectivity index (χ3n) is 4.64. The maximum Gasteiger partial charge on any atom is 0.335 e. The van der Waals surface area contributed by atoms with E-state index in [1.807, 2.05) is 0 Å². The van der Waals surface area contributed by atoms with Gasteiger partial charge >= 0.3 is 5.97 Å². The van der Waals surface area contributed by atoms with E-state index in [2.05, 4.69) is 20.5 Å². The summed E-state index contributed by atoms with van der Waals surface area (Å²) < 4.78 is 66.1. The Morgan fingerprint density at radius 1 is 0.750 bits per heavy atom. The zero-order chi connectivity index (χ0) is 26.8. The van der Waals surface area contributed by atoms with Crippen molar-refractivity contribution in [2.45, 2.75) is 16.7 Å². The van der Waals surface area contributed by atoms with Gasteiger partial charge in [-0.05, 0) is 55.0 Å². The number of nitrogen functional groups attached to an aromatic ring is 2. The molecule has 7 N–H and O–H groups in total. The molecule has 16 heteroatoms. The van der Waals surface area contributed by atoms with Crippen LogP contribution in [0.1, 0.15) is 15.9 Å². The van der Waals surface area contributed by atoms with Crippen LogP contribution in [0.3, 0.4) is 0 Å². The Hall–Kier alpha value is -4.25. The van der Waals surface area contributed by atoms with Crippen LogP contribution in [0, 0.1) is 6.92 Å². The zero-order valence-electron chi connectivity index (χ0n) is 18.3. The molecule has 3 aromatic carbocycles. The molecule has 0 fully saturated rings. The molecule has 188 valence electrons. The molecular formula is C20H18N6O8S2. The first-order chi connectivity index (χ1) is 16.7. The number of benzene rings is 3. The Kier molecular flexibility index (Phi) is 7.16. The summed E-state index contributed by atoms with van der Waals surface area (Å²) in [5.41, 5.74) is 10.6. The third-order valence-corrected chi connectivity index (χ3v) is 6.41. The van der Waals surface area contributed by atoms with E-state index in [4.69, 9.17) is 16.6 Å². The molecule has 3 aromatic rings. The van der Waals surface area contributed by atoms with Gasteiger partial charge in [0.05, 0.1) is 22.6 Å². The van der Waals surface area contributed by atoms with Gasteiger partial charge in [-0.3, -0.25) is 9.11 Å². The first-order valence-electron chi connectivity index (χ1n) is 9.63. The number of anilines is 2. The van der Waals surface area contributed by atoms with Crippen molar-refractivity contribution in [3.05, 3.63) is 59.7 Å². The largest absolute Gasteiger partial charge is 0.478 e. The number of nitrogens with two attached hydrogens (primary N) is 2. The molecule has 0 aromatic heterocycles. The van der Waals surface area contributed by atoms with Gasteiger partial charge in [0.25, 0.3) is 20.2 Å². The van der Waals surface area contributed by atoms with E-state index in [0.717, 1.165) is 12.1 Å². The number of aromatic carboxylic acids is 1. The van der Waals surface area contributed by atoms with Crippen LogP contribution < -0.4 is 11.5 Å². The van der Waals surface area contributed by atoms with E-state index in [1.54, 1.807) is 6.92 Å². The monoisotopic (exact) mass is 534 g/mol. The Labute approximate surface area is 204 Å². The van der Waals surface area contributed by atoms with Crippen LogP contribution in [0.2, 0.25) is 0 Å². The minimum Gasteiger partial charge on any atom is -0.478 e. The zero-order valence-corrected chi connectivity index (χ0v) is 19.9. The molecule has 0 radical (unpaired) electrons. The van der Waals surface area contributed by atoms with Crippen LogP contribution in [0.4, 0.5) is 34.1 Å². The SMILES string of the molecule is Cc1ccc(N=Nc2cc(S(=O)(=O)O)c(N)c(N=Nc3ccc(C(=O)O)cc3)c2N)c(S(=O)(=O)O)c1. The minimum absolute atomic E-state index is 0.00980. The molecule has 36 heavy (non-hydrogen) atoms. The Morgan fingerprint density at radius 2 is 1.33 bits per heavy atom. The second-order valence-electron chi connectivity index (χ2n) is 7.24. The van der Waals surface area contributed by atoms with Gasteiger partial charge in [-0.15, -0.1) is 15.3 Å². The van der Waals surface area contributed by atoms with Crippen molar-refractivity contribution >= 4 is 60.3 Å². The molecular weight excluding hydrogens is 516 g/mol. The van der Waals surface area contributed by atoms with Gasteiger partial charge in [-0.25, -0.2) is 4.79 Å².